The van der Waals surface area contributed by atoms with Crippen LogP contribution in [0.4, 0.5) is 5.88 Å². The Balaban J connectivity index is 1.42. The molecule has 0 radical (unpaired) electrons. The van der Waals surface area contributed by atoms with Crippen molar-refractivity contribution in [1.82, 2.24) is 15.1 Å². The molecule has 0 saturated carbocycles. The van der Waals surface area contributed by atoms with E-state index in [1.807, 2.05) is 4.90 Å². The summed E-state index contributed by atoms with van der Waals surface area (Å²) in [5.74, 6) is -1.02. The number of likely N-dealkylation sites (tertiary alicyclic amines) is 2. The predicted octanol–water partition coefficient (Wildman–Crippen LogP) is 1.39. The summed E-state index contributed by atoms with van der Waals surface area (Å²) in [6.07, 6.45) is 4.52. The van der Waals surface area contributed by atoms with Gasteiger partial charge in [-0.15, -0.1) is 0 Å². The van der Waals surface area contributed by atoms with Crippen LogP contribution in [0, 0.1) is 15.5 Å². The molecule has 1 unspecified atom stereocenters. The van der Waals surface area contributed by atoms with Gasteiger partial charge in [0.05, 0.1) is 6.07 Å². The molecule has 3 fully saturated rings. The minimum Gasteiger partial charge on any atom is -0.395 e. The normalized spacial score (nSPS) is 24.5. The van der Waals surface area contributed by atoms with Gasteiger partial charge >= 0.3 is 5.88 Å². The first-order valence-electron chi connectivity index (χ1n) is 9.54. The molecule has 0 aliphatic carbocycles. The van der Waals surface area contributed by atoms with Crippen LogP contribution in [0.5, 0.6) is 0 Å². The van der Waals surface area contributed by atoms with E-state index in [4.69, 9.17) is 4.42 Å². The average Bonchev–Trinajstić information content (AvgIpc) is 3.42. The standard InChI is InChI=1S/C18H24N4O5/c23-16(20-10-6-18(7-11-20)5-8-19-12-18)13-2-1-9-21(13)17(24)14-3-4-15(27-14)22(25)26/h3-4,13,19H,1-2,5-12H2. The smallest absolute Gasteiger partial charge is 0.395 e. The van der Waals surface area contributed by atoms with Crippen molar-refractivity contribution in [2.75, 3.05) is 32.7 Å². The Labute approximate surface area is 156 Å². The van der Waals surface area contributed by atoms with E-state index in [0.717, 1.165) is 45.4 Å². The molecule has 0 aromatic carbocycles. The van der Waals surface area contributed by atoms with Gasteiger partial charge in [-0.3, -0.25) is 19.7 Å². The number of hydrogen-bond donors (Lipinski definition) is 1. The van der Waals surface area contributed by atoms with Crippen molar-refractivity contribution in [3.8, 4) is 0 Å². The summed E-state index contributed by atoms with van der Waals surface area (Å²) in [5.41, 5.74) is 0.328. The molecule has 1 aromatic rings. The van der Waals surface area contributed by atoms with Crippen LogP contribution in [-0.4, -0.2) is 65.3 Å². The van der Waals surface area contributed by atoms with Gasteiger partial charge in [0.2, 0.25) is 5.91 Å². The molecule has 146 valence electrons. The summed E-state index contributed by atoms with van der Waals surface area (Å²) in [6.45, 7) is 4.00. The lowest BCUT2D eigenvalue weighted by Crippen LogP contribution is -2.51. The number of hydrogen-bond acceptors (Lipinski definition) is 6. The molecule has 3 aliphatic rings. The second-order valence-electron chi connectivity index (χ2n) is 7.80. The van der Waals surface area contributed by atoms with Gasteiger partial charge in [-0.2, -0.15) is 0 Å². The van der Waals surface area contributed by atoms with Crippen molar-refractivity contribution in [2.24, 2.45) is 5.41 Å². The molecule has 0 bridgehead atoms. The molecule has 9 nitrogen and oxygen atoms in total. The maximum absolute atomic E-state index is 13.0. The third-order valence-electron chi connectivity index (χ3n) is 6.25. The maximum Gasteiger partial charge on any atom is 0.433 e. The first-order chi connectivity index (χ1) is 13.0. The zero-order valence-electron chi connectivity index (χ0n) is 15.2. The zero-order valence-corrected chi connectivity index (χ0v) is 15.2. The molecule has 1 aromatic heterocycles. The highest BCUT2D eigenvalue weighted by atomic mass is 16.6. The van der Waals surface area contributed by atoms with E-state index in [9.17, 15) is 19.7 Å². The SMILES string of the molecule is O=C(C1CCCN1C(=O)c1ccc([N+](=O)[O-])o1)N1CCC2(CCNC2)CC1. The van der Waals surface area contributed by atoms with E-state index >= 15 is 0 Å². The summed E-state index contributed by atoms with van der Waals surface area (Å²) in [4.78, 5) is 39.2. The van der Waals surface area contributed by atoms with Crippen LogP contribution in [0.2, 0.25) is 0 Å². The number of nitrogens with one attached hydrogen (secondary N) is 1. The highest BCUT2D eigenvalue weighted by molar-refractivity contribution is 5.96. The van der Waals surface area contributed by atoms with Gasteiger partial charge in [0.15, 0.2) is 5.76 Å². The fourth-order valence-corrected chi connectivity index (χ4v) is 4.58. The first kappa shape index (κ1) is 18.0. The second kappa shape index (κ2) is 6.95. The Morgan fingerprint density at radius 2 is 2.00 bits per heavy atom. The van der Waals surface area contributed by atoms with Crippen molar-refractivity contribution < 1.29 is 18.9 Å². The Kier molecular flexibility index (Phi) is 4.63. The van der Waals surface area contributed by atoms with Crippen LogP contribution in [0.1, 0.15) is 42.7 Å². The first-order valence-corrected chi connectivity index (χ1v) is 9.54. The number of amides is 2. The predicted molar refractivity (Wildman–Crippen MR) is 95.2 cm³/mol. The lowest BCUT2D eigenvalue weighted by atomic mass is 9.77. The van der Waals surface area contributed by atoms with Crippen LogP contribution in [0.15, 0.2) is 16.5 Å². The van der Waals surface area contributed by atoms with E-state index in [1.54, 1.807) is 0 Å². The molecule has 3 saturated heterocycles. The summed E-state index contributed by atoms with van der Waals surface area (Å²) >= 11 is 0. The molecule has 2 amide bonds. The summed E-state index contributed by atoms with van der Waals surface area (Å²) in [7, 11) is 0. The quantitative estimate of drug-likeness (QED) is 0.631. The summed E-state index contributed by atoms with van der Waals surface area (Å²) in [5, 5.41) is 14.2. The van der Waals surface area contributed by atoms with Crippen LogP contribution >= 0.6 is 0 Å². The van der Waals surface area contributed by atoms with Gasteiger partial charge in [0.25, 0.3) is 5.91 Å². The number of carbonyl (C=O) groups is 2. The largest absolute Gasteiger partial charge is 0.433 e. The topological polar surface area (TPSA) is 109 Å². The van der Waals surface area contributed by atoms with E-state index in [1.165, 1.54) is 23.5 Å². The number of nitrogens with zero attached hydrogens (tertiary/aromatic N) is 3. The van der Waals surface area contributed by atoms with Crippen molar-refractivity contribution >= 4 is 17.7 Å². The van der Waals surface area contributed by atoms with Crippen molar-refractivity contribution in [3.05, 3.63) is 28.0 Å². The van der Waals surface area contributed by atoms with Crippen LogP contribution < -0.4 is 5.32 Å². The van der Waals surface area contributed by atoms with Crippen LogP contribution in [-0.2, 0) is 4.79 Å². The molecule has 4 heterocycles. The van der Waals surface area contributed by atoms with Gasteiger partial charge in [-0.25, -0.2) is 0 Å². The molecule has 4 rings (SSSR count). The van der Waals surface area contributed by atoms with Gasteiger partial charge in [-0.05, 0) is 50.1 Å². The lowest BCUT2D eigenvalue weighted by Gasteiger charge is -2.40. The third-order valence-corrected chi connectivity index (χ3v) is 6.25. The zero-order chi connectivity index (χ0) is 19.0. The third kappa shape index (κ3) is 3.31. The number of nitro groups is 1. The van der Waals surface area contributed by atoms with Gasteiger partial charge < -0.3 is 19.5 Å². The number of furan rings is 1. The average molecular weight is 376 g/mol. The molecule has 3 aliphatic heterocycles. The van der Waals surface area contributed by atoms with Crippen LogP contribution in [0.3, 0.4) is 0 Å². The van der Waals surface area contributed by atoms with Crippen molar-refractivity contribution in [3.63, 3.8) is 0 Å². The van der Waals surface area contributed by atoms with Crippen molar-refractivity contribution in [2.45, 2.75) is 38.1 Å². The monoisotopic (exact) mass is 376 g/mol. The molecule has 1 spiro atoms. The molecule has 1 atom stereocenters. The van der Waals surface area contributed by atoms with E-state index in [0.29, 0.717) is 18.4 Å². The van der Waals surface area contributed by atoms with Gasteiger partial charge in [0, 0.05) is 26.2 Å². The minimum atomic E-state index is -0.676. The minimum absolute atomic E-state index is 0.0114. The Bertz CT molecular complexity index is 745. The highest BCUT2D eigenvalue weighted by Crippen LogP contribution is 2.37. The highest BCUT2D eigenvalue weighted by Gasteiger charge is 2.42. The molecular weight excluding hydrogens is 352 g/mol. The second-order valence-corrected chi connectivity index (χ2v) is 7.80. The van der Waals surface area contributed by atoms with Crippen molar-refractivity contribution in [1.29, 1.82) is 0 Å². The fraction of sp³-hybridized carbons (Fsp3) is 0.667. The van der Waals surface area contributed by atoms with E-state index in [2.05, 4.69) is 5.32 Å². The van der Waals surface area contributed by atoms with Gasteiger partial charge in [-0.1, -0.05) is 0 Å². The van der Waals surface area contributed by atoms with E-state index < -0.39 is 22.8 Å². The molecule has 9 heteroatoms. The Hall–Kier alpha value is -2.42. The molecule has 27 heavy (non-hydrogen) atoms. The number of piperidine rings is 1. The fourth-order valence-electron chi connectivity index (χ4n) is 4.58. The van der Waals surface area contributed by atoms with Crippen LogP contribution in [0.25, 0.3) is 0 Å². The number of rotatable bonds is 3. The Morgan fingerprint density at radius 3 is 2.63 bits per heavy atom. The molecular formula is C18H24N4O5. The summed E-state index contributed by atoms with van der Waals surface area (Å²) < 4.78 is 5.03. The summed E-state index contributed by atoms with van der Waals surface area (Å²) in [6, 6.07) is 1.97. The maximum atomic E-state index is 13.0. The van der Waals surface area contributed by atoms with E-state index in [-0.39, 0.29) is 11.7 Å². The number of carbonyl (C=O) groups excluding carboxylic acids is 2. The molecule has 1 N–H and O–H groups in total. The lowest BCUT2D eigenvalue weighted by molar-refractivity contribution is -0.402. The van der Waals surface area contributed by atoms with Gasteiger partial charge in [0.1, 0.15) is 11.0 Å². The Morgan fingerprint density at radius 1 is 1.22 bits per heavy atom.